The van der Waals surface area contributed by atoms with Crippen molar-refractivity contribution in [3.8, 4) is 11.5 Å². The van der Waals surface area contributed by atoms with Crippen molar-refractivity contribution in [3.63, 3.8) is 0 Å². The molecule has 4 amide bonds. The normalized spacial score (nSPS) is 16.8. The number of unbranched alkanes of at least 4 members (excludes halogenated alkanes) is 4. The zero-order valence-electron chi connectivity index (χ0n) is 32.4. The Morgan fingerprint density at radius 2 is 0.754 bits per heavy atom. The number of anilines is 4. The van der Waals surface area contributed by atoms with Crippen molar-refractivity contribution in [2.45, 2.75) is 84.5 Å². The molecule has 2 heterocycles. The van der Waals surface area contributed by atoms with E-state index in [4.69, 9.17) is 9.47 Å². The Hall–Kier alpha value is -6.30. The van der Waals surface area contributed by atoms with Crippen LogP contribution in [0.4, 0.5) is 22.7 Å². The SMILES string of the molecule is CCCCC1C(=O)N(c2ccccc2)N(c2ccc(OC(=O)CCCCCC(=O)Oc3ccc(N4C(=O)C(CCCC)C(=O)N4c4ccccc4)cc3)cc2)C1=O. The highest BCUT2D eigenvalue weighted by Gasteiger charge is 2.47. The first-order valence-electron chi connectivity index (χ1n) is 19.8. The lowest BCUT2D eigenvalue weighted by atomic mass is 10.0. The predicted molar refractivity (Wildman–Crippen MR) is 216 cm³/mol. The number of ether oxygens (including phenoxy) is 2. The lowest BCUT2D eigenvalue weighted by Gasteiger charge is -2.27. The number of hydrogen-bond acceptors (Lipinski definition) is 8. The third-order valence-corrected chi connectivity index (χ3v) is 10.0. The molecule has 0 N–H and O–H groups in total. The van der Waals surface area contributed by atoms with Gasteiger partial charge in [0, 0.05) is 12.8 Å². The Morgan fingerprint density at radius 3 is 1.07 bits per heavy atom. The number of amides is 4. The molecule has 0 aliphatic carbocycles. The number of carbonyl (C=O) groups is 6. The minimum Gasteiger partial charge on any atom is -0.427 e. The number of benzene rings is 4. The number of rotatable bonds is 18. The molecule has 0 spiro atoms. The molecule has 0 saturated carbocycles. The topological polar surface area (TPSA) is 134 Å². The molecule has 57 heavy (non-hydrogen) atoms. The molecule has 2 atom stereocenters. The fourth-order valence-electron chi connectivity index (χ4n) is 7.01. The summed E-state index contributed by atoms with van der Waals surface area (Å²) in [5, 5.41) is 5.62. The Kier molecular flexibility index (Phi) is 13.5. The molecule has 2 aliphatic heterocycles. The van der Waals surface area contributed by atoms with Gasteiger partial charge in [-0.3, -0.25) is 28.8 Å². The molecule has 0 radical (unpaired) electrons. The van der Waals surface area contributed by atoms with E-state index in [1.165, 1.54) is 20.0 Å². The Morgan fingerprint density at radius 1 is 0.439 bits per heavy atom. The van der Waals surface area contributed by atoms with Crippen molar-refractivity contribution < 1.29 is 38.2 Å². The van der Waals surface area contributed by atoms with Gasteiger partial charge in [-0.05, 0) is 98.5 Å². The molecule has 12 heteroatoms. The highest BCUT2D eigenvalue weighted by Crippen LogP contribution is 2.36. The van der Waals surface area contributed by atoms with Crippen LogP contribution in [0.2, 0.25) is 0 Å². The molecular formula is C45H48N4O8. The summed E-state index contributed by atoms with van der Waals surface area (Å²) in [6.45, 7) is 4.04. The van der Waals surface area contributed by atoms with Crippen LogP contribution < -0.4 is 29.5 Å². The second-order valence-corrected chi connectivity index (χ2v) is 14.2. The predicted octanol–water partition coefficient (Wildman–Crippen LogP) is 8.35. The fourth-order valence-corrected chi connectivity index (χ4v) is 7.01. The van der Waals surface area contributed by atoms with Gasteiger partial charge in [0.15, 0.2) is 0 Å². The third kappa shape index (κ3) is 9.40. The van der Waals surface area contributed by atoms with Gasteiger partial charge in [0.25, 0.3) is 23.6 Å². The van der Waals surface area contributed by atoms with E-state index in [-0.39, 0.29) is 36.5 Å². The average Bonchev–Trinajstić information content (AvgIpc) is 3.63. The summed E-state index contributed by atoms with van der Waals surface area (Å²) >= 11 is 0. The summed E-state index contributed by atoms with van der Waals surface area (Å²) in [5.74, 6) is -2.84. The maximum Gasteiger partial charge on any atom is 0.311 e. The lowest BCUT2D eigenvalue weighted by Crippen LogP contribution is -2.41. The number of para-hydroxylation sites is 2. The maximum atomic E-state index is 13.5. The van der Waals surface area contributed by atoms with Gasteiger partial charge in [-0.25, -0.2) is 20.0 Å². The van der Waals surface area contributed by atoms with E-state index in [2.05, 4.69) is 0 Å². The van der Waals surface area contributed by atoms with Crippen molar-refractivity contribution in [1.29, 1.82) is 0 Å². The first-order valence-corrected chi connectivity index (χ1v) is 19.8. The van der Waals surface area contributed by atoms with Gasteiger partial charge in [-0.1, -0.05) is 82.3 Å². The van der Waals surface area contributed by atoms with E-state index in [1.54, 1.807) is 72.8 Å². The minimum absolute atomic E-state index is 0.148. The monoisotopic (exact) mass is 772 g/mol. The lowest BCUT2D eigenvalue weighted by molar-refractivity contribution is -0.134. The van der Waals surface area contributed by atoms with Crippen LogP contribution >= 0.6 is 0 Å². The van der Waals surface area contributed by atoms with Crippen LogP contribution in [0.25, 0.3) is 0 Å². The van der Waals surface area contributed by atoms with E-state index in [9.17, 15) is 28.8 Å². The van der Waals surface area contributed by atoms with Crippen molar-refractivity contribution in [1.82, 2.24) is 0 Å². The zero-order valence-corrected chi connectivity index (χ0v) is 32.4. The molecule has 2 saturated heterocycles. The molecule has 2 fully saturated rings. The second kappa shape index (κ2) is 19.0. The first-order chi connectivity index (χ1) is 27.7. The molecule has 6 rings (SSSR count). The van der Waals surface area contributed by atoms with Gasteiger partial charge in [0.1, 0.15) is 23.3 Å². The van der Waals surface area contributed by atoms with Crippen LogP contribution in [0.1, 0.15) is 84.5 Å². The number of hydrogen-bond donors (Lipinski definition) is 0. The highest BCUT2D eigenvalue weighted by molar-refractivity contribution is 6.23. The van der Waals surface area contributed by atoms with Crippen LogP contribution in [-0.2, 0) is 28.8 Å². The molecule has 0 bridgehead atoms. The van der Waals surface area contributed by atoms with Gasteiger partial charge in [0.2, 0.25) is 0 Å². The molecule has 296 valence electrons. The van der Waals surface area contributed by atoms with Gasteiger partial charge >= 0.3 is 11.9 Å². The number of esters is 2. The summed E-state index contributed by atoms with van der Waals surface area (Å²) < 4.78 is 11.1. The molecule has 0 aromatic heterocycles. The molecular weight excluding hydrogens is 725 g/mol. The molecule has 4 aromatic rings. The molecule has 2 aliphatic rings. The Labute approximate surface area is 332 Å². The van der Waals surface area contributed by atoms with Gasteiger partial charge < -0.3 is 9.47 Å². The van der Waals surface area contributed by atoms with Gasteiger partial charge in [0.05, 0.1) is 22.7 Å². The minimum atomic E-state index is -0.756. The summed E-state index contributed by atoms with van der Waals surface area (Å²) in [7, 11) is 0. The van der Waals surface area contributed by atoms with Crippen molar-refractivity contribution >= 4 is 58.3 Å². The van der Waals surface area contributed by atoms with E-state index >= 15 is 0 Å². The molecule has 12 nitrogen and oxygen atoms in total. The number of nitrogens with zero attached hydrogens (tertiary/aromatic N) is 4. The average molecular weight is 773 g/mol. The van der Waals surface area contributed by atoms with E-state index < -0.39 is 23.8 Å². The van der Waals surface area contributed by atoms with Crippen molar-refractivity contribution in [3.05, 3.63) is 109 Å². The summed E-state index contributed by atoms with van der Waals surface area (Å²) in [6.07, 6.45) is 6.12. The second-order valence-electron chi connectivity index (χ2n) is 14.2. The number of carbonyl (C=O) groups excluding carboxylic acids is 6. The largest absolute Gasteiger partial charge is 0.427 e. The van der Waals surface area contributed by atoms with Crippen LogP contribution in [0.15, 0.2) is 109 Å². The number of hydrazine groups is 2. The third-order valence-electron chi connectivity index (χ3n) is 10.0. The standard InChI is InChI=1S/C45H48N4O8/c1-3-5-20-38-42(52)46(32-16-10-7-11-17-32)48(44(38)54)34-24-28-36(29-25-34)56-40(50)22-14-9-15-23-41(51)57-37-30-26-35(27-31-37)49-45(55)39(21-6-4-2)43(53)47(49)33-18-12-8-13-19-33/h7-8,10-13,16-19,24-31,38-39H,3-6,9,14-15,20-23H2,1-2H3. The quantitative estimate of drug-likeness (QED) is 0.0427. The smallest absolute Gasteiger partial charge is 0.311 e. The molecule has 2 unspecified atom stereocenters. The zero-order chi connectivity index (χ0) is 40.3. The van der Waals surface area contributed by atoms with Gasteiger partial charge in [-0.15, -0.1) is 0 Å². The summed E-state index contributed by atoms with van der Waals surface area (Å²) in [6, 6.07) is 31.1. The fraction of sp³-hybridized carbons (Fsp3) is 0.333. The summed E-state index contributed by atoms with van der Waals surface area (Å²) in [5.41, 5.74) is 2.16. The van der Waals surface area contributed by atoms with Crippen LogP contribution in [-0.4, -0.2) is 35.6 Å². The van der Waals surface area contributed by atoms with Crippen LogP contribution in [0.3, 0.4) is 0 Å². The van der Waals surface area contributed by atoms with Crippen molar-refractivity contribution in [2.24, 2.45) is 11.8 Å². The Balaban J connectivity index is 0.957. The highest BCUT2D eigenvalue weighted by atomic mass is 16.5. The first kappa shape index (κ1) is 40.4. The molecule has 4 aromatic carbocycles. The van der Waals surface area contributed by atoms with E-state index in [0.717, 1.165) is 25.7 Å². The van der Waals surface area contributed by atoms with E-state index in [0.29, 0.717) is 66.4 Å². The van der Waals surface area contributed by atoms with Crippen molar-refractivity contribution in [2.75, 3.05) is 20.0 Å². The van der Waals surface area contributed by atoms with E-state index in [1.807, 2.05) is 50.2 Å². The summed E-state index contributed by atoms with van der Waals surface area (Å²) in [4.78, 5) is 78.9. The Bertz CT molecular complexity index is 1890. The maximum absolute atomic E-state index is 13.5. The van der Waals surface area contributed by atoms with Crippen LogP contribution in [0, 0.1) is 11.8 Å². The van der Waals surface area contributed by atoms with Gasteiger partial charge in [-0.2, -0.15) is 0 Å². The van der Waals surface area contributed by atoms with Crippen LogP contribution in [0.5, 0.6) is 11.5 Å².